The molecule has 0 spiro atoms. The lowest BCUT2D eigenvalue weighted by Gasteiger charge is -2.20. The predicted molar refractivity (Wildman–Crippen MR) is 93.9 cm³/mol. The van der Waals surface area contributed by atoms with Crippen LogP contribution in [0.25, 0.3) is 10.4 Å². The number of nitrogens with one attached hydrogen (secondary N) is 2. The molecule has 6 heteroatoms. The van der Waals surface area contributed by atoms with Crippen molar-refractivity contribution in [3.63, 3.8) is 0 Å². The van der Waals surface area contributed by atoms with E-state index in [0.717, 1.165) is 10.4 Å². The number of benzene rings is 1. The summed E-state index contributed by atoms with van der Waals surface area (Å²) in [6, 6.07) is 9.30. The van der Waals surface area contributed by atoms with Gasteiger partial charge >= 0.3 is 6.09 Å². The molecule has 0 saturated carbocycles. The molecule has 2 rings (SSSR count). The minimum absolute atomic E-state index is 0.169. The van der Waals surface area contributed by atoms with E-state index in [0.29, 0.717) is 11.4 Å². The van der Waals surface area contributed by atoms with E-state index >= 15 is 0 Å². The van der Waals surface area contributed by atoms with Gasteiger partial charge in [0, 0.05) is 23.1 Å². The highest BCUT2D eigenvalue weighted by molar-refractivity contribution is 7.13. The van der Waals surface area contributed by atoms with Crippen molar-refractivity contribution in [1.29, 1.82) is 0 Å². The highest BCUT2D eigenvalue weighted by Gasteiger charge is 2.17. The number of hydrogen-bond acceptors (Lipinski definition) is 4. The van der Waals surface area contributed by atoms with Crippen LogP contribution < -0.4 is 10.6 Å². The molecule has 0 fully saturated rings. The first-order valence-corrected chi connectivity index (χ1v) is 8.08. The molecule has 0 radical (unpaired) electrons. The van der Waals surface area contributed by atoms with Crippen LogP contribution in [0.4, 0.5) is 16.2 Å². The second kappa shape index (κ2) is 6.83. The fourth-order valence-electron chi connectivity index (χ4n) is 1.98. The topological polar surface area (TPSA) is 67.4 Å². The molecule has 122 valence electrons. The van der Waals surface area contributed by atoms with Crippen molar-refractivity contribution in [2.24, 2.45) is 0 Å². The lowest BCUT2D eigenvalue weighted by molar-refractivity contribution is -0.114. The Morgan fingerprint density at radius 2 is 1.87 bits per heavy atom. The third-order valence-electron chi connectivity index (χ3n) is 2.76. The van der Waals surface area contributed by atoms with Crippen LogP contribution in [0.1, 0.15) is 27.7 Å². The Balaban J connectivity index is 2.26. The zero-order chi connectivity index (χ0) is 17.0. The Kier molecular flexibility index (Phi) is 5.05. The molecule has 1 heterocycles. The number of hydrogen-bond donors (Lipinski definition) is 2. The van der Waals surface area contributed by atoms with Gasteiger partial charge in [-0.1, -0.05) is 6.07 Å². The maximum atomic E-state index is 11.9. The highest BCUT2D eigenvalue weighted by atomic mass is 32.1. The number of rotatable bonds is 3. The molecule has 0 aliphatic rings. The summed E-state index contributed by atoms with van der Waals surface area (Å²) in [6.07, 6.45) is -0.532. The fraction of sp³-hybridized carbons (Fsp3) is 0.294. The van der Waals surface area contributed by atoms with Crippen LogP contribution in [-0.4, -0.2) is 17.6 Å². The van der Waals surface area contributed by atoms with Gasteiger partial charge in [-0.05, 0) is 50.4 Å². The number of ether oxygens (including phenoxy) is 1. The Hall–Kier alpha value is -2.34. The van der Waals surface area contributed by atoms with Crippen molar-refractivity contribution in [3.8, 4) is 10.4 Å². The SMILES string of the molecule is CC(=O)Nc1cc(NC(=O)OC(C)(C)C)ccc1-c1cccs1. The summed E-state index contributed by atoms with van der Waals surface area (Å²) in [5.41, 5.74) is 1.54. The molecule has 0 aliphatic carbocycles. The van der Waals surface area contributed by atoms with E-state index in [2.05, 4.69) is 10.6 Å². The third kappa shape index (κ3) is 5.10. The third-order valence-corrected chi connectivity index (χ3v) is 3.67. The van der Waals surface area contributed by atoms with Gasteiger partial charge in [0.2, 0.25) is 5.91 Å². The van der Waals surface area contributed by atoms with E-state index in [9.17, 15) is 9.59 Å². The van der Waals surface area contributed by atoms with Gasteiger partial charge in [-0.25, -0.2) is 4.79 Å². The molecule has 2 amide bonds. The van der Waals surface area contributed by atoms with Crippen LogP contribution in [0.2, 0.25) is 0 Å². The van der Waals surface area contributed by atoms with E-state index in [1.54, 1.807) is 44.2 Å². The van der Waals surface area contributed by atoms with Crippen LogP contribution in [0, 0.1) is 0 Å². The Morgan fingerprint density at radius 1 is 1.13 bits per heavy atom. The zero-order valence-electron chi connectivity index (χ0n) is 13.6. The van der Waals surface area contributed by atoms with Crippen molar-refractivity contribution >= 4 is 34.7 Å². The summed E-state index contributed by atoms with van der Waals surface area (Å²) < 4.78 is 5.23. The van der Waals surface area contributed by atoms with E-state index in [4.69, 9.17) is 4.74 Å². The van der Waals surface area contributed by atoms with E-state index in [-0.39, 0.29) is 5.91 Å². The molecule has 1 aromatic heterocycles. The monoisotopic (exact) mass is 332 g/mol. The molecule has 0 bridgehead atoms. The predicted octanol–water partition coefficient (Wildman–Crippen LogP) is 4.72. The van der Waals surface area contributed by atoms with Crippen LogP contribution in [0.15, 0.2) is 35.7 Å². The fourth-order valence-corrected chi connectivity index (χ4v) is 2.75. The standard InChI is InChI=1S/C17H20N2O3S/c1-11(20)18-14-10-12(19-16(21)22-17(2,3)4)7-8-13(14)15-6-5-9-23-15/h5-10H,1-4H3,(H,18,20)(H,19,21). The molecule has 1 aromatic carbocycles. The Bertz CT molecular complexity index is 703. The molecule has 0 saturated heterocycles. The molecule has 0 unspecified atom stereocenters. The smallest absolute Gasteiger partial charge is 0.412 e. The van der Waals surface area contributed by atoms with Gasteiger partial charge in [0.1, 0.15) is 5.60 Å². The second-order valence-electron chi connectivity index (χ2n) is 6.05. The van der Waals surface area contributed by atoms with E-state index < -0.39 is 11.7 Å². The number of carbonyl (C=O) groups excluding carboxylic acids is 2. The van der Waals surface area contributed by atoms with E-state index in [1.165, 1.54) is 6.92 Å². The summed E-state index contributed by atoms with van der Waals surface area (Å²) in [7, 11) is 0. The lowest BCUT2D eigenvalue weighted by atomic mass is 10.1. The lowest BCUT2D eigenvalue weighted by Crippen LogP contribution is -2.27. The summed E-state index contributed by atoms with van der Waals surface area (Å²) in [6.45, 7) is 6.85. The number of carbonyl (C=O) groups is 2. The number of anilines is 2. The summed E-state index contributed by atoms with van der Waals surface area (Å²) in [4.78, 5) is 24.3. The van der Waals surface area contributed by atoms with Gasteiger partial charge in [0.15, 0.2) is 0 Å². The molecule has 0 aliphatic heterocycles. The van der Waals surface area contributed by atoms with Gasteiger partial charge < -0.3 is 10.1 Å². The zero-order valence-corrected chi connectivity index (χ0v) is 14.4. The Labute approximate surface area is 139 Å². The molecular weight excluding hydrogens is 312 g/mol. The summed E-state index contributed by atoms with van der Waals surface area (Å²) in [5.74, 6) is -0.169. The van der Waals surface area contributed by atoms with Gasteiger partial charge in [-0.15, -0.1) is 11.3 Å². The van der Waals surface area contributed by atoms with Crippen LogP contribution in [0.3, 0.4) is 0 Å². The second-order valence-corrected chi connectivity index (χ2v) is 6.99. The average Bonchev–Trinajstić information content (AvgIpc) is 2.89. The minimum atomic E-state index is -0.568. The summed E-state index contributed by atoms with van der Waals surface area (Å²) in [5, 5.41) is 7.45. The first-order chi connectivity index (χ1) is 10.7. The van der Waals surface area contributed by atoms with Crippen LogP contribution in [0.5, 0.6) is 0 Å². The van der Waals surface area contributed by atoms with Crippen molar-refractivity contribution < 1.29 is 14.3 Å². The van der Waals surface area contributed by atoms with Crippen molar-refractivity contribution in [2.45, 2.75) is 33.3 Å². The maximum Gasteiger partial charge on any atom is 0.412 e. The summed E-state index contributed by atoms with van der Waals surface area (Å²) >= 11 is 1.58. The van der Waals surface area contributed by atoms with Crippen molar-refractivity contribution in [3.05, 3.63) is 35.7 Å². The molecule has 2 aromatic rings. The van der Waals surface area contributed by atoms with Crippen LogP contribution >= 0.6 is 11.3 Å². The van der Waals surface area contributed by atoms with Gasteiger partial charge in [-0.3, -0.25) is 10.1 Å². The van der Waals surface area contributed by atoms with Gasteiger partial charge in [0.05, 0.1) is 5.69 Å². The van der Waals surface area contributed by atoms with Crippen LogP contribution in [-0.2, 0) is 9.53 Å². The highest BCUT2D eigenvalue weighted by Crippen LogP contribution is 2.33. The normalized spacial score (nSPS) is 11.0. The maximum absolute atomic E-state index is 11.9. The van der Waals surface area contributed by atoms with Gasteiger partial charge in [0.25, 0.3) is 0 Å². The Morgan fingerprint density at radius 3 is 2.43 bits per heavy atom. The molecule has 23 heavy (non-hydrogen) atoms. The largest absolute Gasteiger partial charge is 0.444 e. The minimum Gasteiger partial charge on any atom is -0.444 e. The van der Waals surface area contributed by atoms with E-state index in [1.807, 2.05) is 23.6 Å². The average molecular weight is 332 g/mol. The molecule has 5 nitrogen and oxygen atoms in total. The van der Waals surface area contributed by atoms with Crippen molar-refractivity contribution in [1.82, 2.24) is 0 Å². The molecular formula is C17H20N2O3S. The number of amides is 2. The van der Waals surface area contributed by atoms with Crippen molar-refractivity contribution in [2.75, 3.05) is 10.6 Å². The first kappa shape index (κ1) is 17.0. The molecule has 0 atom stereocenters. The number of thiophene rings is 1. The van der Waals surface area contributed by atoms with Gasteiger partial charge in [-0.2, -0.15) is 0 Å². The molecule has 2 N–H and O–H groups in total. The quantitative estimate of drug-likeness (QED) is 0.854. The first-order valence-electron chi connectivity index (χ1n) is 7.20.